The number of aliphatic hydroxyl groups excluding tert-OH is 1. The van der Waals surface area contributed by atoms with E-state index in [2.05, 4.69) is 4.72 Å². The van der Waals surface area contributed by atoms with Crippen LogP contribution < -0.4 is 4.72 Å². The first-order valence-electron chi connectivity index (χ1n) is 6.02. The van der Waals surface area contributed by atoms with Crippen LogP contribution in [0.4, 0.5) is 10.1 Å². The van der Waals surface area contributed by atoms with Gasteiger partial charge >= 0.3 is 0 Å². The summed E-state index contributed by atoms with van der Waals surface area (Å²) < 4.78 is 40.7. The SMILES string of the molecule is Cc1ccc(CO)cc1S(=O)(=O)Nc1cccc(Cl)c1F. The van der Waals surface area contributed by atoms with E-state index in [0.29, 0.717) is 11.1 Å². The Morgan fingerprint density at radius 3 is 2.67 bits per heavy atom. The minimum Gasteiger partial charge on any atom is -0.392 e. The third kappa shape index (κ3) is 3.34. The molecule has 0 aromatic heterocycles. The van der Waals surface area contributed by atoms with Crippen molar-refractivity contribution in [2.45, 2.75) is 18.4 Å². The van der Waals surface area contributed by atoms with Crippen LogP contribution in [-0.2, 0) is 16.6 Å². The molecule has 2 rings (SSSR count). The fourth-order valence-electron chi connectivity index (χ4n) is 1.81. The summed E-state index contributed by atoms with van der Waals surface area (Å²) in [4.78, 5) is -0.0200. The van der Waals surface area contributed by atoms with E-state index in [4.69, 9.17) is 16.7 Å². The number of benzene rings is 2. The van der Waals surface area contributed by atoms with Gasteiger partial charge in [0.1, 0.15) is 0 Å². The first kappa shape index (κ1) is 15.8. The smallest absolute Gasteiger partial charge is 0.262 e. The van der Waals surface area contributed by atoms with Gasteiger partial charge in [-0.25, -0.2) is 12.8 Å². The van der Waals surface area contributed by atoms with E-state index in [1.807, 2.05) is 0 Å². The van der Waals surface area contributed by atoms with Crippen molar-refractivity contribution in [1.29, 1.82) is 0 Å². The Morgan fingerprint density at radius 2 is 2.00 bits per heavy atom. The molecule has 0 amide bonds. The van der Waals surface area contributed by atoms with E-state index >= 15 is 0 Å². The molecule has 4 nitrogen and oxygen atoms in total. The molecule has 0 atom stereocenters. The van der Waals surface area contributed by atoms with E-state index in [0.717, 1.165) is 0 Å². The number of hydrogen-bond donors (Lipinski definition) is 2. The van der Waals surface area contributed by atoms with Crippen molar-refractivity contribution in [1.82, 2.24) is 0 Å². The second kappa shape index (κ2) is 6.01. The highest BCUT2D eigenvalue weighted by Gasteiger charge is 2.19. The first-order valence-corrected chi connectivity index (χ1v) is 7.88. The summed E-state index contributed by atoms with van der Waals surface area (Å²) in [5, 5.41) is 8.93. The molecule has 0 aliphatic heterocycles. The number of rotatable bonds is 4. The van der Waals surface area contributed by atoms with Crippen LogP contribution in [0.5, 0.6) is 0 Å². The predicted molar refractivity (Wildman–Crippen MR) is 79.3 cm³/mol. The lowest BCUT2D eigenvalue weighted by atomic mass is 10.2. The summed E-state index contributed by atoms with van der Waals surface area (Å²) in [5.41, 5.74) is 0.714. The lowest BCUT2D eigenvalue weighted by molar-refractivity contribution is 0.281. The average Bonchev–Trinajstić information content (AvgIpc) is 2.44. The number of hydrogen-bond acceptors (Lipinski definition) is 3. The number of nitrogens with one attached hydrogen (secondary N) is 1. The summed E-state index contributed by atoms with van der Waals surface area (Å²) >= 11 is 5.62. The van der Waals surface area contributed by atoms with Gasteiger partial charge in [0.25, 0.3) is 10.0 Å². The topological polar surface area (TPSA) is 66.4 Å². The molecule has 0 radical (unpaired) electrons. The fourth-order valence-corrected chi connectivity index (χ4v) is 3.34. The number of sulfonamides is 1. The van der Waals surface area contributed by atoms with Crippen LogP contribution in [0.3, 0.4) is 0 Å². The van der Waals surface area contributed by atoms with Crippen molar-refractivity contribution >= 4 is 27.3 Å². The summed E-state index contributed by atoms with van der Waals surface area (Å²) in [7, 11) is -3.98. The van der Waals surface area contributed by atoms with Crippen LogP contribution in [0.1, 0.15) is 11.1 Å². The zero-order valence-electron chi connectivity index (χ0n) is 11.1. The van der Waals surface area contributed by atoms with Gasteiger partial charge in [-0.2, -0.15) is 0 Å². The van der Waals surface area contributed by atoms with Crippen molar-refractivity contribution in [2.75, 3.05) is 4.72 Å². The summed E-state index contributed by atoms with van der Waals surface area (Å²) in [6.07, 6.45) is 0. The molecule has 0 bridgehead atoms. The zero-order valence-corrected chi connectivity index (χ0v) is 12.7. The van der Waals surface area contributed by atoms with Crippen molar-refractivity contribution < 1.29 is 17.9 Å². The van der Waals surface area contributed by atoms with Crippen LogP contribution in [0.15, 0.2) is 41.3 Å². The van der Waals surface area contributed by atoms with E-state index in [9.17, 15) is 12.8 Å². The minimum atomic E-state index is -3.98. The third-order valence-corrected chi connectivity index (χ3v) is 4.72. The number of aryl methyl sites for hydroxylation is 1. The predicted octanol–water partition coefficient (Wildman–Crippen LogP) is 3.08. The van der Waals surface area contributed by atoms with E-state index in [1.165, 1.54) is 24.3 Å². The molecule has 112 valence electrons. The van der Waals surface area contributed by atoms with Crippen LogP contribution >= 0.6 is 11.6 Å². The number of anilines is 1. The van der Waals surface area contributed by atoms with Gasteiger partial charge in [-0.1, -0.05) is 29.8 Å². The van der Waals surface area contributed by atoms with Gasteiger partial charge in [-0.15, -0.1) is 0 Å². The molecule has 0 heterocycles. The van der Waals surface area contributed by atoms with Crippen molar-refractivity contribution in [3.8, 4) is 0 Å². The molecule has 0 fully saturated rings. The highest BCUT2D eigenvalue weighted by Crippen LogP contribution is 2.26. The average molecular weight is 330 g/mol. The van der Waals surface area contributed by atoms with Crippen LogP contribution in [0.25, 0.3) is 0 Å². The normalized spacial score (nSPS) is 11.4. The largest absolute Gasteiger partial charge is 0.392 e. The first-order chi connectivity index (χ1) is 9.85. The van der Waals surface area contributed by atoms with Crippen molar-refractivity contribution in [2.24, 2.45) is 0 Å². The Morgan fingerprint density at radius 1 is 1.29 bits per heavy atom. The van der Waals surface area contributed by atoms with Gasteiger partial charge in [0, 0.05) is 0 Å². The molecule has 0 aliphatic carbocycles. The molecule has 0 aliphatic rings. The molecule has 0 unspecified atom stereocenters. The maximum Gasteiger partial charge on any atom is 0.262 e. The summed E-state index contributed by atoms with van der Waals surface area (Å²) in [6.45, 7) is 1.33. The second-order valence-electron chi connectivity index (χ2n) is 4.46. The molecule has 2 aromatic rings. The minimum absolute atomic E-state index is 0.0200. The van der Waals surface area contributed by atoms with Gasteiger partial charge in [-0.05, 0) is 36.2 Å². The molecular formula is C14H13ClFNO3S. The van der Waals surface area contributed by atoms with E-state index in [1.54, 1.807) is 19.1 Å². The Bertz CT molecular complexity index is 778. The summed E-state index contributed by atoms with van der Waals surface area (Å²) in [5.74, 6) is -0.835. The van der Waals surface area contributed by atoms with Gasteiger partial charge in [0.15, 0.2) is 5.82 Å². The van der Waals surface area contributed by atoms with Gasteiger partial charge in [-0.3, -0.25) is 4.72 Å². The Balaban J connectivity index is 2.46. The highest BCUT2D eigenvalue weighted by molar-refractivity contribution is 7.92. The zero-order chi connectivity index (χ0) is 15.6. The molecule has 0 saturated carbocycles. The third-order valence-electron chi connectivity index (χ3n) is 2.92. The van der Waals surface area contributed by atoms with Gasteiger partial charge in [0.2, 0.25) is 0 Å². The second-order valence-corrected chi connectivity index (χ2v) is 6.52. The molecular weight excluding hydrogens is 317 g/mol. The molecule has 21 heavy (non-hydrogen) atoms. The van der Waals surface area contributed by atoms with E-state index < -0.39 is 15.8 Å². The standard InChI is InChI=1S/C14H13ClFNO3S/c1-9-5-6-10(8-18)7-13(9)21(19,20)17-12-4-2-3-11(15)14(12)16/h2-7,17-18H,8H2,1H3. The molecule has 0 spiro atoms. The molecule has 2 N–H and O–H groups in total. The highest BCUT2D eigenvalue weighted by atomic mass is 35.5. The van der Waals surface area contributed by atoms with Crippen LogP contribution in [0, 0.1) is 12.7 Å². The lowest BCUT2D eigenvalue weighted by Gasteiger charge is -2.12. The molecule has 2 aromatic carbocycles. The van der Waals surface area contributed by atoms with Crippen LogP contribution in [-0.4, -0.2) is 13.5 Å². The lowest BCUT2D eigenvalue weighted by Crippen LogP contribution is -2.15. The number of aliphatic hydroxyl groups is 1. The molecule has 0 saturated heterocycles. The Kier molecular flexibility index (Phi) is 4.51. The maximum atomic E-state index is 13.8. The fraction of sp³-hybridized carbons (Fsp3) is 0.143. The van der Waals surface area contributed by atoms with Crippen molar-refractivity contribution in [3.63, 3.8) is 0 Å². The summed E-state index contributed by atoms with van der Waals surface area (Å²) in [6, 6.07) is 8.60. The van der Waals surface area contributed by atoms with Crippen molar-refractivity contribution in [3.05, 3.63) is 58.4 Å². The van der Waals surface area contributed by atoms with Gasteiger partial charge < -0.3 is 5.11 Å². The quantitative estimate of drug-likeness (QED) is 0.906. The van der Waals surface area contributed by atoms with Crippen LogP contribution in [0.2, 0.25) is 5.02 Å². The maximum absolute atomic E-state index is 13.8. The van der Waals surface area contributed by atoms with E-state index in [-0.39, 0.29) is 22.2 Å². The monoisotopic (exact) mass is 329 g/mol. The molecule has 7 heteroatoms. The van der Waals surface area contributed by atoms with Gasteiger partial charge in [0.05, 0.1) is 22.2 Å². The Hall–Kier alpha value is -1.63. The Labute approximate surface area is 127 Å². The number of halogens is 2.